The van der Waals surface area contributed by atoms with E-state index in [4.69, 9.17) is 0 Å². The minimum absolute atomic E-state index is 0.0150. The van der Waals surface area contributed by atoms with Gasteiger partial charge in [-0.15, -0.1) is 11.3 Å². The molecule has 0 bridgehead atoms. The van der Waals surface area contributed by atoms with E-state index in [1.54, 1.807) is 11.3 Å². The summed E-state index contributed by atoms with van der Waals surface area (Å²) in [7, 11) is 0. The van der Waals surface area contributed by atoms with Crippen molar-refractivity contribution in [3.8, 4) is 0 Å². The molecule has 96 valence electrons. The predicted octanol–water partition coefficient (Wildman–Crippen LogP) is 2.20. The Morgan fingerprint density at radius 2 is 2.29 bits per heavy atom. The van der Waals surface area contributed by atoms with Gasteiger partial charge in [-0.3, -0.25) is 4.79 Å². The van der Waals surface area contributed by atoms with Crippen LogP contribution < -0.4 is 5.32 Å². The van der Waals surface area contributed by atoms with Crippen molar-refractivity contribution in [2.45, 2.75) is 39.2 Å². The monoisotopic (exact) mass is 255 g/mol. The van der Waals surface area contributed by atoms with Crippen LogP contribution in [-0.2, 0) is 11.2 Å². The Kier molecular flexibility index (Phi) is 6.22. The fourth-order valence-electron chi connectivity index (χ4n) is 1.64. The zero-order valence-corrected chi connectivity index (χ0v) is 11.3. The third-order valence-corrected chi connectivity index (χ3v) is 3.39. The topological polar surface area (TPSA) is 49.3 Å². The number of carbonyl (C=O) groups is 1. The second-order valence-electron chi connectivity index (χ2n) is 4.67. The largest absolute Gasteiger partial charge is 0.391 e. The van der Waals surface area contributed by atoms with Crippen LogP contribution in [0.5, 0.6) is 0 Å². The number of rotatable bonds is 7. The maximum absolute atomic E-state index is 11.5. The summed E-state index contributed by atoms with van der Waals surface area (Å²) in [6.07, 6.45) is 1.57. The van der Waals surface area contributed by atoms with Gasteiger partial charge in [0.05, 0.1) is 6.10 Å². The zero-order valence-electron chi connectivity index (χ0n) is 10.5. The van der Waals surface area contributed by atoms with Crippen molar-refractivity contribution >= 4 is 17.2 Å². The van der Waals surface area contributed by atoms with Crippen LogP contribution in [-0.4, -0.2) is 23.7 Å². The molecular formula is C13H21NO2S. The van der Waals surface area contributed by atoms with Crippen LogP contribution in [0, 0.1) is 5.92 Å². The highest BCUT2D eigenvalue weighted by Gasteiger charge is 2.09. The van der Waals surface area contributed by atoms with Gasteiger partial charge in [0.2, 0.25) is 5.91 Å². The molecule has 0 aliphatic heterocycles. The van der Waals surface area contributed by atoms with Crippen LogP contribution in [0.2, 0.25) is 0 Å². The summed E-state index contributed by atoms with van der Waals surface area (Å²) >= 11 is 1.67. The Morgan fingerprint density at radius 1 is 1.53 bits per heavy atom. The van der Waals surface area contributed by atoms with E-state index in [0.717, 1.165) is 12.8 Å². The third kappa shape index (κ3) is 6.44. The van der Waals surface area contributed by atoms with Crippen LogP contribution in [0.1, 0.15) is 31.6 Å². The first-order valence-corrected chi connectivity index (χ1v) is 6.93. The van der Waals surface area contributed by atoms with E-state index in [1.807, 2.05) is 17.5 Å². The Bertz CT molecular complexity index is 322. The maximum atomic E-state index is 11.5. The fraction of sp³-hybridized carbons (Fsp3) is 0.615. The SMILES string of the molecule is CC(C)CC(O)CNC(=O)CCc1cccs1. The summed E-state index contributed by atoms with van der Waals surface area (Å²) in [5, 5.41) is 14.4. The normalized spacial score (nSPS) is 12.7. The predicted molar refractivity (Wildman–Crippen MR) is 71.1 cm³/mol. The summed E-state index contributed by atoms with van der Waals surface area (Å²) in [6.45, 7) is 4.48. The molecule has 4 heteroatoms. The van der Waals surface area contributed by atoms with E-state index >= 15 is 0 Å². The molecule has 1 unspecified atom stereocenters. The summed E-state index contributed by atoms with van der Waals surface area (Å²) in [5.74, 6) is 0.467. The van der Waals surface area contributed by atoms with Crippen molar-refractivity contribution in [1.29, 1.82) is 0 Å². The molecule has 1 amide bonds. The molecule has 0 radical (unpaired) electrons. The molecule has 0 aliphatic rings. The molecule has 1 rings (SSSR count). The molecular weight excluding hydrogens is 234 g/mol. The van der Waals surface area contributed by atoms with Crippen molar-refractivity contribution in [1.82, 2.24) is 5.32 Å². The van der Waals surface area contributed by atoms with Gasteiger partial charge in [-0.05, 0) is 30.2 Å². The first kappa shape index (κ1) is 14.2. The van der Waals surface area contributed by atoms with Crippen molar-refractivity contribution in [3.05, 3.63) is 22.4 Å². The van der Waals surface area contributed by atoms with E-state index in [0.29, 0.717) is 18.9 Å². The lowest BCUT2D eigenvalue weighted by Crippen LogP contribution is -2.32. The maximum Gasteiger partial charge on any atom is 0.220 e. The highest BCUT2D eigenvalue weighted by Crippen LogP contribution is 2.10. The van der Waals surface area contributed by atoms with Gasteiger partial charge in [-0.1, -0.05) is 19.9 Å². The van der Waals surface area contributed by atoms with Gasteiger partial charge < -0.3 is 10.4 Å². The Balaban J connectivity index is 2.13. The van der Waals surface area contributed by atoms with Crippen LogP contribution in [0.15, 0.2) is 17.5 Å². The number of thiophene rings is 1. The minimum atomic E-state index is -0.430. The van der Waals surface area contributed by atoms with Gasteiger partial charge in [0, 0.05) is 17.8 Å². The highest BCUT2D eigenvalue weighted by atomic mass is 32.1. The highest BCUT2D eigenvalue weighted by molar-refractivity contribution is 7.09. The molecule has 0 aromatic carbocycles. The van der Waals surface area contributed by atoms with Gasteiger partial charge in [0.15, 0.2) is 0 Å². The number of aliphatic hydroxyl groups excluding tert-OH is 1. The van der Waals surface area contributed by atoms with Gasteiger partial charge in [0.1, 0.15) is 0 Å². The number of carbonyl (C=O) groups excluding carboxylic acids is 1. The van der Waals surface area contributed by atoms with E-state index < -0.39 is 6.10 Å². The molecule has 0 fully saturated rings. The summed E-state index contributed by atoms with van der Waals surface area (Å²) in [4.78, 5) is 12.7. The Hall–Kier alpha value is -0.870. The fourth-order valence-corrected chi connectivity index (χ4v) is 2.35. The van der Waals surface area contributed by atoms with Gasteiger partial charge in [-0.2, -0.15) is 0 Å². The summed E-state index contributed by atoms with van der Waals surface area (Å²) in [6, 6.07) is 4.02. The van der Waals surface area contributed by atoms with Gasteiger partial charge in [0.25, 0.3) is 0 Å². The van der Waals surface area contributed by atoms with E-state index in [9.17, 15) is 9.90 Å². The first-order chi connectivity index (χ1) is 8.08. The average molecular weight is 255 g/mol. The molecule has 0 saturated carbocycles. The minimum Gasteiger partial charge on any atom is -0.391 e. The summed E-state index contributed by atoms with van der Waals surface area (Å²) < 4.78 is 0. The van der Waals surface area contributed by atoms with Crippen LogP contribution in [0.4, 0.5) is 0 Å². The van der Waals surface area contributed by atoms with Crippen LogP contribution in [0.3, 0.4) is 0 Å². The van der Waals surface area contributed by atoms with Crippen LogP contribution in [0.25, 0.3) is 0 Å². The molecule has 0 spiro atoms. The lowest BCUT2D eigenvalue weighted by atomic mass is 10.1. The molecule has 17 heavy (non-hydrogen) atoms. The molecule has 0 saturated heterocycles. The third-order valence-electron chi connectivity index (χ3n) is 2.46. The lowest BCUT2D eigenvalue weighted by molar-refractivity contribution is -0.121. The van der Waals surface area contributed by atoms with E-state index in [-0.39, 0.29) is 5.91 Å². The van der Waals surface area contributed by atoms with Gasteiger partial charge in [-0.25, -0.2) is 0 Å². The number of hydrogen-bond acceptors (Lipinski definition) is 3. The number of aryl methyl sites for hydroxylation is 1. The van der Waals surface area contributed by atoms with Crippen molar-refractivity contribution in [2.24, 2.45) is 5.92 Å². The summed E-state index contributed by atoms with van der Waals surface area (Å²) in [5.41, 5.74) is 0. The Morgan fingerprint density at radius 3 is 2.88 bits per heavy atom. The first-order valence-electron chi connectivity index (χ1n) is 6.05. The number of hydrogen-bond donors (Lipinski definition) is 2. The lowest BCUT2D eigenvalue weighted by Gasteiger charge is -2.13. The molecule has 1 atom stereocenters. The number of amides is 1. The smallest absolute Gasteiger partial charge is 0.220 e. The molecule has 1 aromatic heterocycles. The molecule has 1 aromatic rings. The molecule has 1 heterocycles. The molecule has 3 nitrogen and oxygen atoms in total. The van der Waals surface area contributed by atoms with Crippen molar-refractivity contribution in [2.75, 3.05) is 6.54 Å². The standard InChI is InChI=1S/C13H21NO2S/c1-10(2)8-11(15)9-14-13(16)6-5-12-4-3-7-17-12/h3-4,7,10-11,15H,5-6,8-9H2,1-2H3,(H,14,16). The quantitative estimate of drug-likeness (QED) is 0.785. The second-order valence-corrected chi connectivity index (χ2v) is 5.70. The molecule has 0 aliphatic carbocycles. The zero-order chi connectivity index (χ0) is 12.7. The second kappa shape index (κ2) is 7.45. The van der Waals surface area contributed by atoms with Gasteiger partial charge >= 0.3 is 0 Å². The average Bonchev–Trinajstić information content (AvgIpc) is 2.75. The number of nitrogens with one attached hydrogen (secondary N) is 1. The van der Waals surface area contributed by atoms with Crippen molar-refractivity contribution in [3.63, 3.8) is 0 Å². The Labute approximate surface area is 107 Å². The number of aliphatic hydroxyl groups is 1. The van der Waals surface area contributed by atoms with Crippen molar-refractivity contribution < 1.29 is 9.90 Å². The van der Waals surface area contributed by atoms with Crippen LogP contribution >= 0.6 is 11.3 Å². The van der Waals surface area contributed by atoms with E-state index in [1.165, 1.54) is 4.88 Å². The molecule has 2 N–H and O–H groups in total. The van der Waals surface area contributed by atoms with E-state index in [2.05, 4.69) is 19.2 Å².